The van der Waals surface area contributed by atoms with E-state index in [2.05, 4.69) is 138 Å². The SMILES string of the molecule is CC(C)(C)c1[c-]c2c(cc1)-c1ccc(C(C)(C)C)cc1C2.CC1[C-]=CC(C(C)(C)C)=C1.C[C](C)=[Zr+2].Cl.Cl. The van der Waals surface area contributed by atoms with Crippen LogP contribution in [0.3, 0.4) is 0 Å². The first-order valence-corrected chi connectivity index (χ1v) is 14.2. The summed E-state index contributed by atoms with van der Waals surface area (Å²) in [5, 5.41) is 0. The van der Waals surface area contributed by atoms with Crippen LogP contribution in [-0.2, 0) is 41.5 Å². The van der Waals surface area contributed by atoms with Gasteiger partial charge in [0.15, 0.2) is 0 Å². The Morgan fingerprint density at radius 3 is 1.76 bits per heavy atom. The molecule has 0 nitrogen and oxygen atoms in total. The van der Waals surface area contributed by atoms with E-state index in [1.165, 1.54) is 42.2 Å². The molecule has 202 valence electrons. The van der Waals surface area contributed by atoms with Crippen LogP contribution in [0.25, 0.3) is 11.1 Å². The number of hydrogen-bond donors (Lipinski definition) is 0. The Hall–Kier alpha value is -0.747. The average molecular weight is 619 g/mol. The molecule has 1 atom stereocenters. The van der Waals surface area contributed by atoms with Crippen LogP contribution in [0, 0.1) is 23.5 Å². The second-order valence-electron chi connectivity index (χ2n) is 13.3. The minimum atomic E-state index is 0. The predicted molar refractivity (Wildman–Crippen MR) is 166 cm³/mol. The van der Waals surface area contributed by atoms with Crippen molar-refractivity contribution < 1.29 is 24.2 Å². The Morgan fingerprint density at radius 1 is 0.811 bits per heavy atom. The third kappa shape index (κ3) is 10.7. The predicted octanol–water partition coefficient (Wildman–Crippen LogP) is 10.2. The summed E-state index contributed by atoms with van der Waals surface area (Å²) in [5.74, 6) is 0.522. The number of allylic oxidation sites excluding steroid dienone is 4. The molecule has 1 unspecified atom stereocenters. The third-order valence-corrected chi connectivity index (χ3v) is 6.26. The van der Waals surface area contributed by atoms with Gasteiger partial charge in [0.05, 0.1) is 0 Å². The molecule has 0 bridgehead atoms. The number of fused-ring (bicyclic) bond motifs is 3. The van der Waals surface area contributed by atoms with E-state index in [0.717, 1.165) is 6.42 Å². The molecule has 0 spiro atoms. The number of halogens is 2. The van der Waals surface area contributed by atoms with Crippen molar-refractivity contribution in [2.75, 3.05) is 0 Å². The van der Waals surface area contributed by atoms with Gasteiger partial charge in [0, 0.05) is 0 Å². The van der Waals surface area contributed by atoms with Crippen molar-refractivity contribution in [2.45, 2.75) is 100 Å². The summed E-state index contributed by atoms with van der Waals surface area (Å²) in [6.07, 6.45) is 8.68. The molecule has 2 aromatic rings. The van der Waals surface area contributed by atoms with E-state index in [1.54, 1.807) is 24.2 Å². The summed E-state index contributed by atoms with van der Waals surface area (Å²) >= 11 is 1.55. The molecule has 4 rings (SSSR count). The molecular formula is C34H48Cl2Zr. The van der Waals surface area contributed by atoms with Crippen LogP contribution < -0.4 is 0 Å². The summed E-state index contributed by atoms with van der Waals surface area (Å²) in [5.41, 5.74) is 10.4. The van der Waals surface area contributed by atoms with Gasteiger partial charge in [-0.05, 0) is 28.4 Å². The van der Waals surface area contributed by atoms with Crippen molar-refractivity contribution in [2.24, 2.45) is 11.3 Å². The minimum Gasteiger partial charge on any atom is -0.147 e. The summed E-state index contributed by atoms with van der Waals surface area (Å²) in [6, 6.07) is 15.2. The number of rotatable bonds is 0. The fourth-order valence-corrected chi connectivity index (χ4v) is 4.08. The minimum absolute atomic E-state index is 0. The molecule has 3 heteroatoms. The second kappa shape index (κ2) is 14.1. The molecule has 2 aliphatic rings. The molecular weight excluding hydrogens is 571 g/mol. The molecule has 0 heterocycles. The molecule has 2 aliphatic carbocycles. The van der Waals surface area contributed by atoms with E-state index in [9.17, 15) is 0 Å². The first kappa shape index (κ1) is 36.3. The molecule has 37 heavy (non-hydrogen) atoms. The number of benzene rings is 2. The summed E-state index contributed by atoms with van der Waals surface area (Å²) in [4.78, 5) is 0. The largest absolute Gasteiger partial charge is 0.147 e. The molecule has 0 radical (unpaired) electrons. The summed E-state index contributed by atoms with van der Waals surface area (Å²) in [6.45, 7) is 26.7. The van der Waals surface area contributed by atoms with Gasteiger partial charge in [-0.1, -0.05) is 104 Å². The zero-order chi connectivity index (χ0) is 26.8. The molecule has 0 aromatic heterocycles. The summed E-state index contributed by atoms with van der Waals surface area (Å²) < 4.78 is 1.51. The van der Waals surface area contributed by atoms with Crippen molar-refractivity contribution in [1.29, 1.82) is 0 Å². The van der Waals surface area contributed by atoms with E-state index in [4.69, 9.17) is 0 Å². The Kier molecular flexibility index (Phi) is 13.8. The smallest absolute Gasteiger partial charge is 0.147 e. The maximum Gasteiger partial charge on any atom is -0.147 e. The standard InChI is InChI=1S/C21H25.C10H15.C3H6.2ClH.Zr/c1-20(2,3)16-7-9-18-14(12-16)11-15-13-17(21(4,5)6)8-10-19(15)18;1-8-5-6-9(7-8)10(2,3)4;1-3-2;;;/h7-10,12H,11H2,1-6H3;6-8H,1-4H3;1-2H3;2*1H;/q2*-1;;;;+2. The maximum absolute atomic E-state index is 3.67. The Bertz CT molecular complexity index is 1050. The third-order valence-electron chi connectivity index (χ3n) is 6.26. The zero-order valence-electron chi connectivity index (χ0n) is 25.1. The topological polar surface area (TPSA) is 0 Å². The Balaban J connectivity index is 0.000000684. The fourth-order valence-electron chi connectivity index (χ4n) is 4.08. The van der Waals surface area contributed by atoms with Crippen LogP contribution in [-0.4, -0.2) is 3.21 Å². The zero-order valence-corrected chi connectivity index (χ0v) is 29.2. The van der Waals surface area contributed by atoms with Gasteiger partial charge in [-0.2, -0.15) is 35.4 Å². The molecule has 0 fully saturated rings. The van der Waals surface area contributed by atoms with E-state index >= 15 is 0 Å². The summed E-state index contributed by atoms with van der Waals surface area (Å²) in [7, 11) is 0. The van der Waals surface area contributed by atoms with E-state index in [-0.39, 0.29) is 35.6 Å². The Labute approximate surface area is 256 Å². The van der Waals surface area contributed by atoms with Crippen molar-refractivity contribution in [3.8, 4) is 11.1 Å². The van der Waals surface area contributed by atoms with Crippen molar-refractivity contribution in [3.63, 3.8) is 0 Å². The fraction of sp³-hybridized carbons (Fsp3) is 0.500. The average Bonchev–Trinajstić information content (AvgIpc) is 3.29. The van der Waals surface area contributed by atoms with Crippen LogP contribution in [0.1, 0.15) is 105 Å². The van der Waals surface area contributed by atoms with Gasteiger partial charge in [0.2, 0.25) is 0 Å². The van der Waals surface area contributed by atoms with Crippen molar-refractivity contribution in [3.05, 3.63) is 82.5 Å². The van der Waals surface area contributed by atoms with Crippen molar-refractivity contribution >= 4 is 28.0 Å². The Morgan fingerprint density at radius 2 is 1.35 bits per heavy atom. The molecule has 2 aromatic carbocycles. The quantitative estimate of drug-likeness (QED) is 0.220. The first-order chi connectivity index (χ1) is 15.9. The molecule has 0 saturated carbocycles. The monoisotopic (exact) mass is 616 g/mol. The van der Waals surface area contributed by atoms with Crippen molar-refractivity contribution in [1.82, 2.24) is 0 Å². The molecule has 0 N–H and O–H groups in total. The normalized spacial score (nSPS) is 15.5. The van der Waals surface area contributed by atoms with Gasteiger partial charge in [-0.25, -0.2) is 6.08 Å². The molecule has 0 saturated heterocycles. The van der Waals surface area contributed by atoms with E-state index < -0.39 is 0 Å². The van der Waals surface area contributed by atoms with Gasteiger partial charge in [-0.3, -0.25) is 6.08 Å². The van der Waals surface area contributed by atoms with Gasteiger partial charge >= 0.3 is 41.3 Å². The number of hydrogen-bond acceptors (Lipinski definition) is 0. The van der Waals surface area contributed by atoms with E-state index in [0.29, 0.717) is 11.3 Å². The molecule has 0 amide bonds. The van der Waals surface area contributed by atoms with Gasteiger partial charge in [0.1, 0.15) is 0 Å². The van der Waals surface area contributed by atoms with Crippen LogP contribution in [0.2, 0.25) is 0 Å². The molecule has 0 aliphatic heterocycles. The first-order valence-electron chi connectivity index (χ1n) is 12.9. The van der Waals surface area contributed by atoms with E-state index in [1.807, 2.05) is 0 Å². The maximum atomic E-state index is 3.67. The van der Waals surface area contributed by atoms with Gasteiger partial charge in [0.25, 0.3) is 0 Å². The van der Waals surface area contributed by atoms with Gasteiger partial charge < -0.3 is 0 Å². The van der Waals surface area contributed by atoms with Crippen LogP contribution in [0.4, 0.5) is 0 Å². The van der Waals surface area contributed by atoms with Crippen LogP contribution in [0.5, 0.6) is 0 Å². The van der Waals surface area contributed by atoms with Crippen LogP contribution >= 0.6 is 24.8 Å². The van der Waals surface area contributed by atoms with Crippen LogP contribution in [0.15, 0.2) is 48.1 Å². The van der Waals surface area contributed by atoms with Gasteiger partial charge in [-0.15, -0.1) is 35.9 Å². The second-order valence-corrected chi connectivity index (χ2v) is 15.7.